The van der Waals surface area contributed by atoms with Gasteiger partial charge in [0.15, 0.2) is 5.82 Å². The summed E-state index contributed by atoms with van der Waals surface area (Å²) in [7, 11) is 1.59. The number of pyridine rings is 1. The molecule has 8 heteroatoms. The molecule has 4 aromatic rings. The van der Waals surface area contributed by atoms with E-state index in [-0.39, 0.29) is 11.7 Å². The molecule has 0 radical (unpaired) electrons. The Morgan fingerprint density at radius 2 is 1.93 bits per heavy atom. The second kappa shape index (κ2) is 7.37. The van der Waals surface area contributed by atoms with E-state index in [1.165, 1.54) is 12.1 Å². The van der Waals surface area contributed by atoms with Gasteiger partial charge in [0.1, 0.15) is 23.0 Å². The molecule has 1 aromatic carbocycles. The van der Waals surface area contributed by atoms with Crippen LogP contribution in [-0.2, 0) is 6.54 Å². The Kier molecular flexibility index (Phi) is 4.54. The van der Waals surface area contributed by atoms with E-state index >= 15 is 0 Å². The number of fused-ring (bicyclic) bond motifs is 1. The molecule has 0 amide bonds. The van der Waals surface area contributed by atoms with E-state index < -0.39 is 0 Å². The van der Waals surface area contributed by atoms with Crippen molar-refractivity contribution < 1.29 is 9.13 Å². The molecule has 0 aliphatic carbocycles. The SMILES string of the molecule is COc1nc(-c2nc3n(n2)CCC[C@H]3c2ccc(F)cc2)ccc1-n1cnc(C)c1. The molecule has 0 saturated heterocycles. The third kappa shape index (κ3) is 3.24. The van der Waals surface area contributed by atoms with Gasteiger partial charge in [0.2, 0.25) is 5.88 Å². The Morgan fingerprint density at radius 3 is 2.67 bits per heavy atom. The zero-order valence-electron chi connectivity index (χ0n) is 16.8. The highest BCUT2D eigenvalue weighted by Gasteiger charge is 2.26. The van der Waals surface area contributed by atoms with E-state index in [1.807, 2.05) is 46.6 Å². The zero-order valence-corrected chi connectivity index (χ0v) is 16.8. The lowest BCUT2D eigenvalue weighted by atomic mass is 9.91. The number of halogens is 1. The normalized spacial score (nSPS) is 15.8. The van der Waals surface area contributed by atoms with Crippen molar-refractivity contribution in [2.24, 2.45) is 0 Å². The van der Waals surface area contributed by atoms with Crippen LogP contribution in [-0.4, -0.2) is 36.4 Å². The van der Waals surface area contributed by atoms with Gasteiger partial charge < -0.3 is 9.30 Å². The second-order valence-corrected chi connectivity index (χ2v) is 7.41. The molecule has 4 heterocycles. The van der Waals surface area contributed by atoms with Crippen molar-refractivity contribution in [1.29, 1.82) is 0 Å². The van der Waals surface area contributed by atoms with Gasteiger partial charge in [0, 0.05) is 18.7 Å². The van der Waals surface area contributed by atoms with Crippen LogP contribution in [0.15, 0.2) is 48.9 Å². The Bertz CT molecular complexity index is 1200. The maximum Gasteiger partial charge on any atom is 0.238 e. The summed E-state index contributed by atoms with van der Waals surface area (Å²) in [6, 6.07) is 10.5. The monoisotopic (exact) mass is 404 g/mol. The number of hydrogen-bond donors (Lipinski definition) is 0. The number of hydrogen-bond acceptors (Lipinski definition) is 5. The summed E-state index contributed by atoms with van der Waals surface area (Å²) in [4.78, 5) is 13.7. The third-order valence-electron chi connectivity index (χ3n) is 5.40. The second-order valence-electron chi connectivity index (χ2n) is 7.41. The van der Waals surface area contributed by atoms with E-state index in [9.17, 15) is 4.39 Å². The molecular formula is C22H21FN6O. The number of imidazole rings is 1. The molecule has 7 nitrogen and oxygen atoms in total. The first kappa shape index (κ1) is 18.5. The Balaban J connectivity index is 1.52. The smallest absolute Gasteiger partial charge is 0.238 e. The summed E-state index contributed by atoms with van der Waals surface area (Å²) in [5, 5.41) is 4.69. The topological polar surface area (TPSA) is 70.7 Å². The molecule has 0 unspecified atom stereocenters. The summed E-state index contributed by atoms with van der Waals surface area (Å²) in [6.07, 6.45) is 5.60. The van der Waals surface area contributed by atoms with Crippen molar-refractivity contribution in [3.05, 3.63) is 71.8 Å². The molecule has 5 rings (SSSR count). The summed E-state index contributed by atoms with van der Waals surface area (Å²) in [5.74, 6) is 1.79. The van der Waals surface area contributed by atoms with Gasteiger partial charge in [0.25, 0.3) is 0 Å². The van der Waals surface area contributed by atoms with Crippen LogP contribution >= 0.6 is 0 Å². The molecule has 1 atom stereocenters. The fourth-order valence-corrected chi connectivity index (χ4v) is 3.93. The van der Waals surface area contributed by atoms with Gasteiger partial charge in [-0.2, -0.15) is 0 Å². The van der Waals surface area contributed by atoms with Gasteiger partial charge in [-0.15, -0.1) is 5.10 Å². The third-order valence-corrected chi connectivity index (χ3v) is 5.40. The summed E-state index contributed by atoms with van der Waals surface area (Å²) >= 11 is 0. The average molecular weight is 404 g/mol. The van der Waals surface area contributed by atoms with E-state index in [0.29, 0.717) is 17.4 Å². The predicted molar refractivity (Wildman–Crippen MR) is 109 cm³/mol. The van der Waals surface area contributed by atoms with E-state index in [1.54, 1.807) is 13.4 Å². The van der Waals surface area contributed by atoms with Crippen LogP contribution in [0.5, 0.6) is 5.88 Å². The van der Waals surface area contributed by atoms with Gasteiger partial charge in [-0.25, -0.2) is 24.0 Å². The fourth-order valence-electron chi connectivity index (χ4n) is 3.93. The van der Waals surface area contributed by atoms with Gasteiger partial charge in [-0.05, 0) is 49.6 Å². The van der Waals surface area contributed by atoms with Crippen LogP contribution in [0, 0.1) is 12.7 Å². The first-order valence-corrected chi connectivity index (χ1v) is 9.89. The van der Waals surface area contributed by atoms with Crippen LogP contribution in [0.4, 0.5) is 4.39 Å². The lowest BCUT2D eigenvalue weighted by Crippen LogP contribution is -2.17. The van der Waals surface area contributed by atoms with E-state index in [0.717, 1.165) is 42.2 Å². The number of methoxy groups -OCH3 is 1. The molecule has 30 heavy (non-hydrogen) atoms. The molecular weight excluding hydrogens is 383 g/mol. The predicted octanol–water partition coefficient (Wildman–Crippen LogP) is 3.91. The molecule has 3 aromatic heterocycles. The minimum absolute atomic E-state index is 0.0932. The van der Waals surface area contributed by atoms with Crippen molar-refractivity contribution in [1.82, 2.24) is 29.3 Å². The minimum Gasteiger partial charge on any atom is -0.479 e. The largest absolute Gasteiger partial charge is 0.479 e. The van der Waals surface area contributed by atoms with Crippen molar-refractivity contribution in [3.63, 3.8) is 0 Å². The molecule has 1 aliphatic heterocycles. The first-order chi connectivity index (χ1) is 14.6. The van der Waals surface area contributed by atoms with Crippen molar-refractivity contribution in [2.45, 2.75) is 32.2 Å². The molecule has 0 spiro atoms. The Morgan fingerprint density at radius 1 is 1.10 bits per heavy atom. The number of benzene rings is 1. The number of aryl methyl sites for hydroxylation is 2. The van der Waals surface area contributed by atoms with Gasteiger partial charge in [0.05, 0.1) is 19.1 Å². The van der Waals surface area contributed by atoms with Crippen LogP contribution in [0.2, 0.25) is 0 Å². The highest BCUT2D eigenvalue weighted by Crippen LogP contribution is 2.34. The number of rotatable bonds is 4. The molecule has 0 saturated carbocycles. The van der Waals surface area contributed by atoms with E-state index in [4.69, 9.17) is 14.8 Å². The maximum atomic E-state index is 13.3. The van der Waals surface area contributed by atoms with Gasteiger partial charge in [-0.1, -0.05) is 12.1 Å². The van der Waals surface area contributed by atoms with Crippen molar-refractivity contribution in [3.8, 4) is 23.1 Å². The first-order valence-electron chi connectivity index (χ1n) is 9.89. The van der Waals surface area contributed by atoms with Gasteiger partial charge in [-0.3, -0.25) is 0 Å². The number of ether oxygens (including phenoxy) is 1. The lowest BCUT2D eigenvalue weighted by Gasteiger charge is -2.22. The highest BCUT2D eigenvalue weighted by molar-refractivity contribution is 5.55. The van der Waals surface area contributed by atoms with Crippen LogP contribution in [0.3, 0.4) is 0 Å². The van der Waals surface area contributed by atoms with Gasteiger partial charge >= 0.3 is 0 Å². The zero-order chi connectivity index (χ0) is 20.7. The van der Waals surface area contributed by atoms with Crippen LogP contribution in [0.25, 0.3) is 17.2 Å². The number of nitrogens with zero attached hydrogens (tertiary/aromatic N) is 6. The average Bonchev–Trinajstić information content (AvgIpc) is 3.40. The number of aromatic nitrogens is 6. The molecule has 152 valence electrons. The van der Waals surface area contributed by atoms with Crippen molar-refractivity contribution >= 4 is 0 Å². The van der Waals surface area contributed by atoms with E-state index in [2.05, 4.69) is 9.97 Å². The molecule has 0 bridgehead atoms. The fraction of sp³-hybridized carbons (Fsp3) is 0.273. The standard InChI is InChI=1S/C22H21FN6O/c1-14-12-28(13-24-14)19-10-9-18(25-22(19)30-2)20-26-21-17(4-3-11-29(21)27-20)15-5-7-16(23)8-6-15/h5-10,12-13,17H,3-4,11H2,1-2H3/t17-/m0/s1. The Hall–Kier alpha value is -3.55. The van der Waals surface area contributed by atoms with Crippen molar-refractivity contribution in [2.75, 3.05) is 7.11 Å². The molecule has 0 fully saturated rings. The summed E-state index contributed by atoms with van der Waals surface area (Å²) < 4.78 is 22.7. The molecule has 0 N–H and O–H groups in total. The summed E-state index contributed by atoms with van der Waals surface area (Å²) in [6.45, 7) is 2.74. The van der Waals surface area contributed by atoms with Crippen LogP contribution < -0.4 is 4.74 Å². The quantitative estimate of drug-likeness (QED) is 0.516. The highest BCUT2D eigenvalue weighted by atomic mass is 19.1. The van der Waals surface area contributed by atoms with Crippen LogP contribution in [0.1, 0.15) is 35.8 Å². The molecule has 1 aliphatic rings. The lowest BCUT2D eigenvalue weighted by molar-refractivity contribution is 0.396. The summed E-state index contributed by atoms with van der Waals surface area (Å²) in [5.41, 5.74) is 3.41. The minimum atomic E-state index is -0.235. The maximum absolute atomic E-state index is 13.3. The Labute approximate surface area is 173 Å².